The molecule has 1 heterocycles. The van der Waals surface area contributed by atoms with Gasteiger partial charge in [-0.3, -0.25) is 9.59 Å². The van der Waals surface area contributed by atoms with E-state index in [1.807, 2.05) is 30.5 Å². The Morgan fingerprint density at radius 2 is 1.90 bits per heavy atom. The molecule has 0 aliphatic carbocycles. The molecule has 1 N–H and O–H groups in total. The summed E-state index contributed by atoms with van der Waals surface area (Å²) in [6.45, 7) is -0.207. The summed E-state index contributed by atoms with van der Waals surface area (Å²) in [4.78, 5) is 25.7. The molecular weight excluding hydrogens is 390 g/mol. The van der Waals surface area contributed by atoms with E-state index >= 15 is 0 Å². The van der Waals surface area contributed by atoms with Crippen LogP contribution in [0.25, 0.3) is 11.3 Å². The Morgan fingerprint density at radius 3 is 2.62 bits per heavy atom. The van der Waals surface area contributed by atoms with Gasteiger partial charge in [-0.25, -0.2) is 4.68 Å². The Bertz CT molecular complexity index is 1080. The molecule has 0 aliphatic heterocycles. The monoisotopic (exact) mass is 411 g/mol. The van der Waals surface area contributed by atoms with Gasteiger partial charge in [0.15, 0.2) is 0 Å². The van der Waals surface area contributed by atoms with Crippen molar-refractivity contribution >= 4 is 23.4 Å². The quantitative estimate of drug-likeness (QED) is 0.601. The van der Waals surface area contributed by atoms with E-state index in [0.717, 1.165) is 9.58 Å². The van der Waals surface area contributed by atoms with Gasteiger partial charge in [0.05, 0.1) is 25.6 Å². The molecule has 0 fully saturated rings. The summed E-state index contributed by atoms with van der Waals surface area (Å²) in [6, 6.07) is 15.8. The van der Waals surface area contributed by atoms with Gasteiger partial charge < -0.3 is 14.8 Å². The number of nitrogens with zero attached hydrogens (tertiary/aromatic N) is 2. The molecule has 1 amide bonds. The van der Waals surface area contributed by atoms with Gasteiger partial charge >= 0.3 is 0 Å². The molecule has 0 unspecified atom stereocenters. The Morgan fingerprint density at radius 1 is 1.10 bits per heavy atom. The third-order valence-electron chi connectivity index (χ3n) is 4.22. The van der Waals surface area contributed by atoms with Crippen LogP contribution in [0.15, 0.2) is 64.3 Å². The molecule has 3 aromatic rings. The van der Waals surface area contributed by atoms with Crippen molar-refractivity contribution < 1.29 is 14.3 Å². The average molecular weight is 411 g/mol. The van der Waals surface area contributed by atoms with E-state index in [2.05, 4.69) is 10.4 Å². The predicted molar refractivity (Wildman–Crippen MR) is 114 cm³/mol. The molecule has 0 bridgehead atoms. The Balaban J connectivity index is 1.88. The van der Waals surface area contributed by atoms with Crippen LogP contribution in [0, 0.1) is 0 Å². The lowest BCUT2D eigenvalue weighted by molar-refractivity contribution is -0.117. The summed E-state index contributed by atoms with van der Waals surface area (Å²) in [5, 5.41) is 7.19. The molecule has 8 heteroatoms. The number of ether oxygens (including phenoxy) is 2. The van der Waals surface area contributed by atoms with Crippen molar-refractivity contribution in [1.29, 1.82) is 0 Å². The number of thioether (sulfide) groups is 1. The SMILES string of the molecule is COc1ccc(OC)c(-c2ccc(=O)n(CC(=O)Nc3ccccc3SC)n2)c1. The molecule has 0 saturated heterocycles. The maximum atomic E-state index is 12.5. The molecule has 7 nitrogen and oxygen atoms in total. The Kier molecular flexibility index (Phi) is 6.56. The summed E-state index contributed by atoms with van der Waals surface area (Å²) in [7, 11) is 3.12. The van der Waals surface area contributed by atoms with Gasteiger partial charge in [-0.2, -0.15) is 5.10 Å². The predicted octanol–water partition coefficient (Wildman–Crippen LogP) is 3.29. The first-order valence-corrected chi connectivity index (χ1v) is 10.0. The summed E-state index contributed by atoms with van der Waals surface area (Å²) in [5.74, 6) is 0.879. The second-order valence-electron chi connectivity index (χ2n) is 6.03. The van der Waals surface area contributed by atoms with Crippen LogP contribution in [0.3, 0.4) is 0 Å². The summed E-state index contributed by atoms with van der Waals surface area (Å²) in [6.07, 6.45) is 1.93. The Labute approximate surface area is 172 Å². The maximum Gasteiger partial charge on any atom is 0.267 e. The van der Waals surface area contributed by atoms with E-state index in [4.69, 9.17) is 9.47 Å². The fourth-order valence-electron chi connectivity index (χ4n) is 2.79. The standard InChI is InChI=1S/C21H21N3O4S/c1-27-14-8-10-18(28-2)15(12-14)16-9-11-21(26)24(23-16)13-20(25)22-17-6-4-5-7-19(17)29-3/h4-12H,13H2,1-3H3,(H,22,25). The van der Waals surface area contributed by atoms with Crippen molar-refractivity contribution in [3.63, 3.8) is 0 Å². The first-order valence-electron chi connectivity index (χ1n) is 8.79. The molecule has 1 aromatic heterocycles. The van der Waals surface area contributed by atoms with E-state index in [1.165, 1.54) is 17.8 Å². The van der Waals surface area contributed by atoms with E-state index in [-0.39, 0.29) is 18.0 Å². The molecule has 3 rings (SSSR count). The minimum absolute atomic E-state index is 0.207. The number of benzene rings is 2. The second-order valence-corrected chi connectivity index (χ2v) is 6.88. The highest BCUT2D eigenvalue weighted by atomic mass is 32.2. The number of methoxy groups -OCH3 is 2. The van der Waals surface area contributed by atoms with Crippen LogP contribution in [0.4, 0.5) is 5.69 Å². The first-order chi connectivity index (χ1) is 14.0. The summed E-state index contributed by atoms with van der Waals surface area (Å²) < 4.78 is 11.8. The van der Waals surface area contributed by atoms with Crippen LogP contribution in [0.5, 0.6) is 11.5 Å². The zero-order valence-electron chi connectivity index (χ0n) is 16.3. The van der Waals surface area contributed by atoms with Crippen molar-refractivity contribution in [3.05, 3.63) is 65.0 Å². The van der Waals surface area contributed by atoms with E-state index < -0.39 is 0 Å². The van der Waals surface area contributed by atoms with Crippen molar-refractivity contribution in [3.8, 4) is 22.8 Å². The number of para-hydroxylation sites is 1. The molecule has 0 atom stereocenters. The Hall–Kier alpha value is -3.26. The average Bonchev–Trinajstić information content (AvgIpc) is 2.75. The van der Waals surface area contributed by atoms with E-state index in [9.17, 15) is 9.59 Å². The number of amides is 1. The number of hydrogen-bond acceptors (Lipinski definition) is 6. The van der Waals surface area contributed by atoms with Gasteiger partial charge in [0.25, 0.3) is 5.56 Å². The van der Waals surface area contributed by atoms with Crippen molar-refractivity contribution in [2.45, 2.75) is 11.4 Å². The molecule has 29 heavy (non-hydrogen) atoms. The molecule has 0 aliphatic rings. The molecule has 2 aromatic carbocycles. The summed E-state index contributed by atoms with van der Waals surface area (Å²) in [5.41, 5.74) is 1.49. The number of rotatable bonds is 7. The van der Waals surface area contributed by atoms with Crippen LogP contribution in [0.1, 0.15) is 0 Å². The van der Waals surface area contributed by atoms with Gasteiger partial charge in [-0.05, 0) is 42.7 Å². The minimum Gasteiger partial charge on any atom is -0.497 e. The van der Waals surface area contributed by atoms with Crippen molar-refractivity contribution in [2.75, 3.05) is 25.8 Å². The number of carbonyl (C=O) groups is 1. The zero-order valence-corrected chi connectivity index (χ0v) is 17.2. The highest BCUT2D eigenvalue weighted by Gasteiger charge is 2.13. The fraction of sp³-hybridized carbons (Fsp3) is 0.190. The van der Waals surface area contributed by atoms with Gasteiger partial charge in [-0.1, -0.05) is 12.1 Å². The molecule has 0 radical (unpaired) electrons. The molecule has 150 valence electrons. The summed E-state index contributed by atoms with van der Waals surface area (Å²) >= 11 is 1.53. The van der Waals surface area contributed by atoms with Crippen LogP contribution >= 0.6 is 11.8 Å². The number of aromatic nitrogens is 2. The maximum absolute atomic E-state index is 12.5. The third kappa shape index (κ3) is 4.78. The van der Waals surface area contributed by atoms with Crippen LogP contribution in [-0.2, 0) is 11.3 Å². The normalized spacial score (nSPS) is 10.4. The number of nitrogens with one attached hydrogen (secondary N) is 1. The zero-order chi connectivity index (χ0) is 20.8. The molecular formula is C21H21N3O4S. The largest absolute Gasteiger partial charge is 0.497 e. The van der Waals surface area contributed by atoms with Crippen molar-refractivity contribution in [1.82, 2.24) is 9.78 Å². The van der Waals surface area contributed by atoms with Gasteiger partial charge in [0.1, 0.15) is 18.0 Å². The van der Waals surface area contributed by atoms with Crippen LogP contribution < -0.4 is 20.3 Å². The van der Waals surface area contributed by atoms with Gasteiger partial charge in [0, 0.05) is 16.5 Å². The minimum atomic E-state index is -0.371. The smallest absolute Gasteiger partial charge is 0.267 e. The molecule has 0 spiro atoms. The lowest BCUT2D eigenvalue weighted by atomic mass is 10.1. The lowest BCUT2D eigenvalue weighted by Crippen LogP contribution is -2.29. The lowest BCUT2D eigenvalue weighted by Gasteiger charge is -2.12. The van der Waals surface area contributed by atoms with Gasteiger partial charge in [0.2, 0.25) is 5.91 Å². The third-order valence-corrected chi connectivity index (χ3v) is 5.02. The molecule has 0 saturated carbocycles. The highest BCUT2D eigenvalue weighted by Crippen LogP contribution is 2.31. The number of hydrogen-bond donors (Lipinski definition) is 1. The van der Waals surface area contributed by atoms with Crippen LogP contribution in [-0.4, -0.2) is 36.2 Å². The van der Waals surface area contributed by atoms with E-state index in [1.54, 1.807) is 38.5 Å². The first kappa shape index (κ1) is 20.5. The second kappa shape index (κ2) is 9.29. The van der Waals surface area contributed by atoms with Gasteiger partial charge in [-0.15, -0.1) is 11.8 Å². The number of carbonyl (C=O) groups excluding carboxylic acids is 1. The van der Waals surface area contributed by atoms with Crippen molar-refractivity contribution in [2.24, 2.45) is 0 Å². The fourth-order valence-corrected chi connectivity index (χ4v) is 3.35. The number of anilines is 1. The van der Waals surface area contributed by atoms with Crippen LogP contribution in [0.2, 0.25) is 0 Å². The highest BCUT2D eigenvalue weighted by molar-refractivity contribution is 7.98. The van der Waals surface area contributed by atoms with E-state index in [0.29, 0.717) is 28.4 Å². The topological polar surface area (TPSA) is 82.5 Å².